The fraction of sp³-hybridized carbons (Fsp3) is 0.0769. The van der Waals surface area contributed by atoms with E-state index in [0.29, 0.717) is 0 Å². The molecule has 0 spiro atoms. The molecule has 0 unspecified atom stereocenters. The van der Waals surface area contributed by atoms with E-state index in [0.717, 1.165) is 5.69 Å². The molecule has 76 valence electrons. The fourth-order valence-corrected chi connectivity index (χ4v) is 1.98. The third-order valence-corrected chi connectivity index (χ3v) is 2.92. The Bertz CT molecular complexity index is 466. The van der Waals surface area contributed by atoms with Gasteiger partial charge >= 0.3 is 0 Å². The van der Waals surface area contributed by atoms with Gasteiger partial charge in [0.15, 0.2) is 0 Å². The number of hydrogen-bond acceptors (Lipinski definition) is 1. The van der Waals surface area contributed by atoms with Gasteiger partial charge in [-0.15, -0.1) is 0 Å². The molecule has 0 atom stereocenters. The molecule has 0 saturated carbocycles. The maximum absolute atomic E-state index is 3.41. The van der Waals surface area contributed by atoms with Crippen LogP contribution in [-0.2, 0) is 0 Å². The van der Waals surface area contributed by atoms with Crippen LogP contribution in [0.5, 0.6) is 0 Å². The second-order valence-corrected chi connectivity index (χ2v) is 4.70. The van der Waals surface area contributed by atoms with Crippen LogP contribution in [0.4, 0.5) is 11.4 Å². The highest BCUT2D eigenvalue weighted by Gasteiger charge is 1.97. The Morgan fingerprint density at radius 2 is 1.80 bits per heavy atom. The van der Waals surface area contributed by atoms with Crippen molar-refractivity contribution < 1.29 is 0 Å². The molecule has 2 heteroatoms. The minimum Gasteiger partial charge on any atom is -0.355 e. The fourth-order valence-electron chi connectivity index (χ4n) is 1.43. The van der Waals surface area contributed by atoms with Gasteiger partial charge in [0.05, 0.1) is 0 Å². The van der Waals surface area contributed by atoms with Gasteiger partial charge in [-0.1, -0.05) is 24.3 Å². The first-order valence-corrected chi connectivity index (χ1v) is 5.92. The first-order chi connectivity index (χ1) is 7.25. The predicted octanol–water partition coefficient (Wildman–Crippen LogP) is 4.34. The molecule has 15 heavy (non-hydrogen) atoms. The maximum atomic E-state index is 3.41. The van der Waals surface area contributed by atoms with Gasteiger partial charge in [-0.3, -0.25) is 0 Å². The number of hydrogen-bond donors (Lipinski definition) is 1. The van der Waals surface area contributed by atoms with Gasteiger partial charge in [0.1, 0.15) is 0 Å². The number of aryl methyl sites for hydroxylation is 1. The van der Waals surface area contributed by atoms with Gasteiger partial charge in [0.25, 0.3) is 0 Å². The van der Waals surface area contributed by atoms with E-state index in [9.17, 15) is 0 Å². The average molecular weight is 309 g/mol. The summed E-state index contributed by atoms with van der Waals surface area (Å²) in [7, 11) is 0. The molecular weight excluding hydrogens is 297 g/mol. The third-order valence-electron chi connectivity index (χ3n) is 2.25. The molecule has 0 aliphatic rings. The minimum atomic E-state index is 1.14. The van der Waals surface area contributed by atoms with E-state index >= 15 is 0 Å². The average Bonchev–Trinajstić information content (AvgIpc) is 2.22. The zero-order valence-corrected chi connectivity index (χ0v) is 10.7. The Morgan fingerprint density at radius 1 is 1.00 bits per heavy atom. The second-order valence-electron chi connectivity index (χ2n) is 3.45. The number of rotatable bonds is 2. The van der Waals surface area contributed by atoms with E-state index < -0.39 is 0 Å². The summed E-state index contributed by atoms with van der Waals surface area (Å²) in [5.74, 6) is 0. The van der Waals surface area contributed by atoms with Crippen LogP contribution in [0.3, 0.4) is 0 Å². The Hall–Kier alpha value is -1.03. The summed E-state index contributed by atoms with van der Waals surface area (Å²) in [5.41, 5.74) is 3.56. The summed E-state index contributed by atoms with van der Waals surface area (Å²) in [5, 5.41) is 3.41. The number of nitrogens with one attached hydrogen (secondary N) is 1. The van der Waals surface area contributed by atoms with Crippen molar-refractivity contribution in [3.63, 3.8) is 0 Å². The van der Waals surface area contributed by atoms with Gasteiger partial charge in [-0.25, -0.2) is 0 Å². The zero-order chi connectivity index (χ0) is 10.7. The third kappa shape index (κ3) is 2.72. The Labute approximate surface area is 104 Å². The van der Waals surface area contributed by atoms with Crippen molar-refractivity contribution in [2.24, 2.45) is 0 Å². The van der Waals surface area contributed by atoms with Crippen LogP contribution in [0, 0.1) is 10.5 Å². The van der Waals surface area contributed by atoms with Crippen molar-refractivity contribution in [2.75, 3.05) is 5.32 Å². The van der Waals surface area contributed by atoms with E-state index in [1.54, 1.807) is 0 Å². The lowest BCUT2D eigenvalue weighted by Crippen LogP contribution is -1.92. The Kier molecular flexibility index (Phi) is 3.26. The zero-order valence-electron chi connectivity index (χ0n) is 8.50. The molecule has 0 saturated heterocycles. The van der Waals surface area contributed by atoms with Gasteiger partial charge in [0, 0.05) is 14.9 Å². The smallest absolute Gasteiger partial charge is 0.0413 e. The standard InChI is InChI=1S/C13H12IN/c1-10-5-2-3-8-13(10)15-12-7-4-6-11(14)9-12/h2-9,15H,1H3. The molecule has 2 rings (SSSR count). The molecule has 0 aromatic heterocycles. The van der Waals surface area contributed by atoms with Crippen molar-refractivity contribution in [1.29, 1.82) is 0 Å². The van der Waals surface area contributed by atoms with Crippen LogP contribution in [0.25, 0.3) is 0 Å². The first kappa shape index (κ1) is 10.5. The number of halogens is 1. The summed E-state index contributed by atoms with van der Waals surface area (Å²) >= 11 is 2.32. The van der Waals surface area contributed by atoms with Crippen molar-refractivity contribution in [2.45, 2.75) is 6.92 Å². The molecule has 0 aliphatic heterocycles. The molecule has 2 aromatic rings. The molecule has 1 N–H and O–H groups in total. The first-order valence-electron chi connectivity index (χ1n) is 4.84. The largest absolute Gasteiger partial charge is 0.355 e. The summed E-state index contributed by atoms with van der Waals surface area (Å²) in [4.78, 5) is 0. The van der Waals surface area contributed by atoms with Crippen LogP contribution in [0.2, 0.25) is 0 Å². The van der Waals surface area contributed by atoms with Gasteiger partial charge in [-0.05, 0) is 59.3 Å². The van der Waals surface area contributed by atoms with E-state index in [2.05, 4.69) is 77.3 Å². The predicted molar refractivity (Wildman–Crippen MR) is 73.6 cm³/mol. The van der Waals surface area contributed by atoms with E-state index in [1.807, 2.05) is 6.07 Å². The topological polar surface area (TPSA) is 12.0 Å². The van der Waals surface area contributed by atoms with Crippen molar-refractivity contribution in [1.82, 2.24) is 0 Å². The molecule has 0 aliphatic carbocycles. The minimum absolute atomic E-state index is 1.14. The number of para-hydroxylation sites is 1. The molecular formula is C13H12IN. The monoisotopic (exact) mass is 309 g/mol. The number of benzene rings is 2. The lowest BCUT2D eigenvalue weighted by atomic mass is 10.2. The Balaban J connectivity index is 2.26. The van der Waals surface area contributed by atoms with Crippen molar-refractivity contribution >= 4 is 34.0 Å². The normalized spacial score (nSPS) is 10.0. The Morgan fingerprint density at radius 3 is 2.53 bits per heavy atom. The van der Waals surface area contributed by atoms with E-state index in [1.165, 1.54) is 14.8 Å². The highest BCUT2D eigenvalue weighted by atomic mass is 127. The van der Waals surface area contributed by atoms with Crippen LogP contribution in [0.15, 0.2) is 48.5 Å². The van der Waals surface area contributed by atoms with Crippen LogP contribution in [-0.4, -0.2) is 0 Å². The quantitative estimate of drug-likeness (QED) is 0.814. The van der Waals surface area contributed by atoms with Gasteiger partial charge < -0.3 is 5.32 Å². The summed E-state index contributed by atoms with van der Waals surface area (Å²) in [6, 6.07) is 16.7. The summed E-state index contributed by atoms with van der Waals surface area (Å²) in [6.07, 6.45) is 0. The van der Waals surface area contributed by atoms with Gasteiger partial charge in [-0.2, -0.15) is 0 Å². The molecule has 1 nitrogen and oxygen atoms in total. The van der Waals surface area contributed by atoms with E-state index in [-0.39, 0.29) is 0 Å². The lowest BCUT2D eigenvalue weighted by molar-refractivity contribution is 1.43. The lowest BCUT2D eigenvalue weighted by Gasteiger charge is -2.09. The summed E-state index contributed by atoms with van der Waals surface area (Å²) in [6.45, 7) is 2.11. The molecule has 0 radical (unpaired) electrons. The van der Waals surface area contributed by atoms with Crippen LogP contribution in [0.1, 0.15) is 5.56 Å². The van der Waals surface area contributed by atoms with Crippen LogP contribution < -0.4 is 5.32 Å². The van der Waals surface area contributed by atoms with Crippen molar-refractivity contribution in [3.8, 4) is 0 Å². The number of anilines is 2. The van der Waals surface area contributed by atoms with Crippen molar-refractivity contribution in [3.05, 3.63) is 57.7 Å². The molecule has 0 amide bonds. The molecule has 0 heterocycles. The SMILES string of the molecule is Cc1ccccc1Nc1cccc(I)c1. The van der Waals surface area contributed by atoms with Gasteiger partial charge in [0.2, 0.25) is 0 Å². The second kappa shape index (κ2) is 4.66. The molecule has 0 bridgehead atoms. The molecule has 2 aromatic carbocycles. The van der Waals surface area contributed by atoms with Crippen LogP contribution >= 0.6 is 22.6 Å². The van der Waals surface area contributed by atoms with E-state index in [4.69, 9.17) is 0 Å². The molecule has 0 fully saturated rings. The highest BCUT2D eigenvalue weighted by Crippen LogP contribution is 2.21. The highest BCUT2D eigenvalue weighted by molar-refractivity contribution is 14.1. The maximum Gasteiger partial charge on any atom is 0.0413 e. The summed E-state index contributed by atoms with van der Waals surface area (Å²) < 4.78 is 1.24.